The number of alkyl carbamates (subject to hydrolysis) is 1. The van der Waals surface area contributed by atoms with Crippen molar-refractivity contribution in [3.8, 4) is 0 Å². The van der Waals surface area contributed by atoms with Crippen molar-refractivity contribution in [3.63, 3.8) is 0 Å². The lowest BCUT2D eigenvalue weighted by Gasteiger charge is -2.04. The standard InChI is InChI=1S/C9H13BrN2O3S/c10-7-6-12-8(16-7)2-5-15-9(14)11-3-1-4-13/h6,13H,1-5H2,(H,11,14). The summed E-state index contributed by atoms with van der Waals surface area (Å²) in [5.74, 6) is 0. The Labute approximate surface area is 106 Å². The average Bonchev–Trinajstić information content (AvgIpc) is 2.65. The molecule has 0 spiro atoms. The van der Waals surface area contributed by atoms with Crippen LogP contribution in [0, 0.1) is 0 Å². The van der Waals surface area contributed by atoms with Crippen LogP contribution in [0.1, 0.15) is 11.4 Å². The predicted molar refractivity (Wildman–Crippen MR) is 64.6 cm³/mol. The Kier molecular flexibility index (Phi) is 6.36. The fourth-order valence-corrected chi connectivity index (χ4v) is 2.24. The van der Waals surface area contributed by atoms with Crippen molar-refractivity contribution in [3.05, 3.63) is 15.0 Å². The number of carbonyl (C=O) groups is 1. The van der Waals surface area contributed by atoms with Gasteiger partial charge in [0.2, 0.25) is 0 Å². The van der Waals surface area contributed by atoms with Crippen molar-refractivity contribution in [1.82, 2.24) is 10.3 Å². The smallest absolute Gasteiger partial charge is 0.407 e. The lowest BCUT2D eigenvalue weighted by atomic mass is 10.4. The zero-order valence-electron chi connectivity index (χ0n) is 8.61. The minimum Gasteiger partial charge on any atom is -0.449 e. The van der Waals surface area contributed by atoms with E-state index in [0.29, 0.717) is 26.0 Å². The first-order valence-corrected chi connectivity index (χ1v) is 6.45. The van der Waals surface area contributed by atoms with E-state index in [9.17, 15) is 4.79 Å². The second kappa shape index (κ2) is 7.59. The minimum absolute atomic E-state index is 0.0629. The summed E-state index contributed by atoms with van der Waals surface area (Å²) in [6, 6.07) is 0. The summed E-state index contributed by atoms with van der Waals surface area (Å²) in [6.45, 7) is 0.802. The molecule has 0 saturated carbocycles. The molecule has 1 aromatic heterocycles. The molecule has 0 unspecified atom stereocenters. The SMILES string of the molecule is O=C(NCCCO)OCCc1ncc(Br)s1. The number of aliphatic hydroxyl groups excluding tert-OH is 1. The number of rotatable bonds is 6. The normalized spacial score (nSPS) is 10.1. The summed E-state index contributed by atoms with van der Waals surface area (Å²) in [4.78, 5) is 15.2. The maximum Gasteiger partial charge on any atom is 0.407 e. The maximum atomic E-state index is 11.1. The van der Waals surface area contributed by atoms with E-state index in [0.717, 1.165) is 8.79 Å². The lowest BCUT2D eigenvalue weighted by Crippen LogP contribution is -2.26. The number of hydrogen-bond acceptors (Lipinski definition) is 5. The second-order valence-corrected chi connectivity index (χ2v) is 5.44. The van der Waals surface area contributed by atoms with Crippen LogP contribution in [0.4, 0.5) is 4.79 Å². The van der Waals surface area contributed by atoms with Gasteiger partial charge in [-0.05, 0) is 22.4 Å². The summed E-state index contributed by atoms with van der Waals surface area (Å²) >= 11 is 4.83. The molecular weight excluding hydrogens is 296 g/mol. The van der Waals surface area contributed by atoms with Crippen LogP contribution in [0.15, 0.2) is 9.98 Å². The molecule has 0 aliphatic heterocycles. The molecule has 0 atom stereocenters. The highest BCUT2D eigenvalue weighted by atomic mass is 79.9. The highest BCUT2D eigenvalue weighted by Crippen LogP contribution is 2.19. The van der Waals surface area contributed by atoms with Gasteiger partial charge >= 0.3 is 6.09 Å². The number of thiazole rings is 1. The van der Waals surface area contributed by atoms with Crippen LogP contribution >= 0.6 is 27.3 Å². The molecule has 1 aromatic rings. The van der Waals surface area contributed by atoms with E-state index < -0.39 is 6.09 Å². The van der Waals surface area contributed by atoms with E-state index in [1.54, 1.807) is 6.20 Å². The molecule has 0 aliphatic rings. The fourth-order valence-electron chi connectivity index (χ4n) is 0.955. The number of ether oxygens (including phenoxy) is 1. The van der Waals surface area contributed by atoms with Crippen LogP contribution in [0.25, 0.3) is 0 Å². The Bertz CT molecular complexity index is 332. The monoisotopic (exact) mass is 308 g/mol. The number of aromatic nitrogens is 1. The van der Waals surface area contributed by atoms with Gasteiger partial charge in [0.05, 0.1) is 21.6 Å². The largest absolute Gasteiger partial charge is 0.449 e. The molecule has 0 saturated heterocycles. The van der Waals surface area contributed by atoms with Gasteiger partial charge in [-0.15, -0.1) is 11.3 Å². The molecule has 7 heteroatoms. The van der Waals surface area contributed by atoms with E-state index in [-0.39, 0.29) is 6.61 Å². The topological polar surface area (TPSA) is 71.5 Å². The quantitative estimate of drug-likeness (QED) is 0.782. The van der Waals surface area contributed by atoms with Crippen molar-refractivity contribution in [2.45, 2.75) is 12.8 Å². The van der Waals surface area contributed by atoms with Crippen molar-refractivity contribution in [1.29, 1.82) is 0 Å². The molecule has 0 fully saturated rings. The van der Waals surface area contributed by atoms with Gasteiger partial charge in [-0.1, -0.05) is 0 Å². The highest BCUT2D eigenvalue weighted by molar-refractivity contribution is 9.11. The molecule has 0 aliphatic carbocycles. The number of amides is 1. The van der Waals surface area contributed by atoms with Gasteiger partial charge in [0.15, 0.2) is 0 Å². The Balaban J connectivity index is 2.08. The van der Waals surface area contributed by atoms with E-state index in [2.05, 4.69) is 26.2 Å². The summed E-state index contributed by atoms with van der Waals surface area (Å²) in [6.07, 6.45) is 2.42. The summed E-state index contributed by atoms with van der Waals surface area (Å²) in [5, 5.41) is 12.0. The highest BCUT2D eigenvalue weighted by Gasteiger charge is 2.03. The van der Waals surface area contributed by atoms with Crippen molar-refractivity contribution in [2.75, 3.05) is 19.8 Å². The van der Waals surface area contributed by atoms with Gasteiger partial charge in [0, 0.05) is 19.6 Å². The minimum atomic E-state index is -0.455. The molecule has 1 amide bonds. The molecule has 0 radical (unpaired) electrons. The molecule has 16 heavy (non-hydrogen) atoms. The number of nitrogens with one attached hydrogen (secondary N) is 1. The molecule has 90 valence electrons. The first-order valence-electron chi connectivity index (χ1n) is 4.84. The van der Waals surface area contributed by atoms with Crippen molar-refractivity contribution >= 4 is 33.4 Å². The average molecular weight is 309 g/mol. The molecule has 5 nitrogen and oxygen atoms in total. The molecule has 1 heterocycles. The van der Waals surface area contributed by atoms with Crippen LogP contribution in [0.5, 0.6) is 0 Å². The van der Waals surface area contributed by atoms with Gasteiger partial charge < -0.3 is 15.2 Å². The van der Waals surface area contributed by atoms with Crippen LogP contribution in [0.2, 0.25) is 0 Å². The Morgan fingerprint density at radius 2 is 2.50 bits per heavy atom. The number of carbonyl (C=O) groups excluding carboxylic acids is 1. The van der Waals surface area contributed by atoms with Crippen LogP contribution in [-0.2, 0) is 11.2 Å². The number of aliphatic hydroxyl groups is 1. The third kappa shape index (κ3) is 5.43. The summed E-state index contributed by atoms with van der Waals surface area (Å²) in [5.41, 5.74) is 0. The number of hydrogen-bond donors (Lipinski definition) is 2. The van der Waals surface area contributed by atoms with Gasteiger partial charge in [-0.2, -0.15) is 0 Å². The van der Waals surface area contributed by atoms with E-state index in [1.807, 2.05) is 0 Å². The lowest BCUT2D eigenvalue weighted by molar-refractivity contribution is 0.146. The Morgan fingerprint density at radius 3 is 3.12 bits per heavy atom. The molecule has 2 N–H and O–H groups in total. The summed E-state index contributed by atoms with van der Waals surface area (Å²) in [7, 11) is 0. The van der Waals surface area contributed by atoms with Crippen molar-refractivity contribution in [2.24, 2.45) is 0 Å². The number of nitrogens with zero attached hydrogens (tertiary/aromatic N) is 1. The van der Waals surface area contributed by atoms with Gasteiger partial charge in [0.25, 0.3) is 0 Å². The first-order chi connectivity index (χ1) is 7.72. The van der Waals surface area contributed by atoms with Gasteiger partial charge in [-0.25, -0.2) is 9.78 Å². The maximum absolute atomic E-state index is 11.1. The predicted octanol–water partition coefficient (Wildman–Crippen LogP) is 1.56. The Hall–Kier alpha value is -0.660. The van der Waals surface area contributed by atoms with Crippen LogP contribution in [-0.4, -0.2) is 35.9 Å². The zero-order chi connectivity index (χ0) is 11.8. The fraction of sp³-hybridized carbons (Fsp3) is 0.556. The first kappa shape index (κ1) is 13.4. The zero-order valence-corrected chi connectivity index (χ0v) is 11.0. The van der Waals surface area contributed by atoms with Gasteiger partial charge in [-0.3, -0.25) is 0 Å². The van der Waals surface area contributed by atoms with Crippen LogP contribution in [0.3, 0.4) is 0 Å². The number of halogens is 1. The van der Waals surface area contributed by atoms with Crippen molar-refractivity contribution < 1.29 is 14.6 Å². The van der Waals surface area contributed by atoms with Crippen LogP contribution < -0.4 is 5.32 Å². The second-order valence-electron chi connectivity index (χ2n) is 2.95. The van der Waals surface area contributed by atoms with Gasteiger partial charge in [0.1, 0.15) is 0 Å². The molecule has 0 bridgehead atoms. The van der Waals surface area contributed by atoms with E-state index in [1.165, 1.54) is 11.3 Å². The molecule has 1 rings (SSSR count). The third-order valence-electron chi connectivity index (χ3n) is 1.68. The molecule has 0 aromatic carbocycles. The third-order valence-corrected chi connectivity index (χ3v) is 3.21. The summed E-state index contributed by atoms with van der Waals surface area (Å²) < 4.78 is 5.89. The van der Waals surface area contributed by atoms with E-state index in [4.69, 9.17) is 9.84 Å². The molecular formula is C9H13BrN2O3S. The Morgan fingerprint density at radius 1 is 1.69 bits per heavy atom. The van der Waals surface area contributed by atoms with E-state index >= 15 is 0 Å².